The van der Waals surface area contributed by atoms with Gasteiger partial charge >= 0.3 is 0 Å². The molecule has 1 fully saturated rings. The van der Waals surface area contributed by atoms with Crippen LogP contribution in [0.3, 0.4) is 0 Å². The predicted octanol–water partition coefficient (Wildman–Crippen LogP) is 2.57. The van der Waals surface area contributed by atoms with Crippen molar-refractivity contribution in [3.63, 3.8) is 0 Å². The third-order valence-corrected chi connectivity index (χ3v) is 6.54. The number of benzene rings is 2. The average Bonchev–Trinajstić information content (AvgIpc) is 2.62. The Hall–Kier alpha value is -2.05. The van der Waals surface area contributed by atoms with E-state index >= 15 is 0 Å². The molecular weight excluding hydrogens is 334 g/mol. The van der Waals surface area contributed by atoms with E-state index in [1.54, 1.807) is 16.4 Å². The first-order chi connectivity index (χ1) is 11.9. The molecule has 1 saturated heterocycles. The van der Waals surface area contributed by atoms with Gasteiger partial charge in [0, 0.05) is 51.6 Å². The molecule has 0 N–H and O–H groups in total. The van der Waals surface area contributed by atoms with Crippen LogP contribution in [0.4, 0.5) is 11.4 Å². The lowest BCUT2D eigenvalue weighted by Gasteiger charge is -2.35. The van der Waals surface area contributed by atoms with Crippen molar-refractivity contribution in [2.45, 2.75) is 11.8 Å². The first kappa shape index (κ1) is 17.8. The second-order valence-electron chi connectivity index (χ2n) is 6.62. The van der Waals surface area contributed by atoms with Crippen molar-refractivity contribution < 1.29 is 8.42 Å². The van der Waals surface area contributed by atoms with Crippen LogP contribution in [-0.4, -0.2) is 53.0 Å². The quantitative estimate of drug-likeness (QED) is 0.842. The molecule has 0 aromatic heterocycles. The van der Waals surface area contributed by atoms with Crippen LogP contribution < -0.4 is 9.80 Å². The van der Waals surface area contributed by atoms with Crippen molar-refractivity contribution >= 4 is 21.4 Å². The van der Waals surface area contributed by atoms with Crippen molar-refractivity contribution in [2.24, 2.45) is 0 Å². The van der Waals surface area contributed by atoms with Gasteiger partial charge in [-0.15, -0.1) is 0 Å². The summed E-state index contributed by atoms with van der Waals surface area (Å²) in [4.78, 5) is 4.68. The first-order valence-corrected chi connectivity index (χ1v) is 9.91. The molecule has 2 aromatic carbocycles. The summed E-state index contributed by atoms with van der Waals surface area (Å²) in [5.41, 5.74) is 3.35. The number of nitrogens with zero attached hydrogens (tertiary/aromatic N) is 3. The maximum absolute atomic E-state index is 12.8. The van der Waals surface area contributed by atoms with E-state index in [0.717, 1.165) is 16.9 Å². The van der Waals surface area contributed by atoms with E-state index in [1.165, 1.54) is 0 Å². The Morgan fingerprint density at radius 3 is 1.92 bits per heavy atom. The molecule has 2 aromatic rings. The number of piperazine rings is 1. The van der Waals surface area contributed by atoms with Crippen molar-refractivity contribution in [2.75, 3.05) is 50.1 Å². The Balaban J connectivity index is 1.68. The van der Waals surface area contributed by atoms with Crippen LogP contribution >= 0.6 is 0 Å². The minimum Gasteiger partial charge on any atom is -0.378 e. The molecule has 0 radical (unpaired) electrons. The van der Waals surface area contributed by atoms with Crippen LogP contribution in [0.2, 0.25) is 0 Å². The van der Waals surface area contributed by atoms with E-state index in [-0.39, 0.29) is 0 Å². The molecular formula is C19H25N3O2S. The largest absolute Gasteiger partial charge is 0.378 e. The lowest BCUT2D eigenvalue weighted by Crippen LogP contribution is -2.48. The van der Waals surface area contributed by atoms with Gasteiger partial charge in [-0.3, -0.25) is 0 Å². The standard InChI is InChI=1S/C19H25N3O2S/c1-16-4-10-19(11-5-16)25(23,24)22-14-12-21(13-15-22)18-8-6-17(7-9-18)20(2)3/h4-11H,12-15H2,1-3H3. The lowest BCUT2D eigenvalue weighted by molar-refractivity contribution is 0.385. The molecule has 1 aliphatic heterocycles. The molecule has 0 unspecified atom stereocenters. The zero-order valence-electron chi connectivity index (χ0n) is 15.0. The lowest BCUT2D eigenvalue weighted by atomic mass is 10.2. The van der Waals surface area contributed by atoms with Gasteiger partial charge in [0.1, 0.15) is 0 Å². The minimum absolute atomic E-state index is 0.377. The summed E-state index contributed by atoms with van der Waals surface area (Å²) in [6.45, 7) is 4.37. The fraction of sp³-hybridized carbons (Fsp3) is 0.368. The zero-order valence-corrected chi connectivity index (χ0v) is 15.8. The Kier molecular flexibility index (Phi) is 5.01. The zero-order chi connectivity index (χ0) is 18.0. The van der Waals surface area contributed by atoms with Gasteiger partial charge in [0.2, 0.25) is 10.0 Å². The molecule has 5 nitrogen and oxygen atoms in total. The summed E-state index contributed by atoms with van der Waals surface area (Å²) < 4.78 is 27.1. The highest BCUT2D eigenvalue weighted by molar-refractivity contribution is 7.89. The molecule has 0 atom stereocenters. The van der Waals surface area contributed by atoms with Crippen LogP contribution in [-0.2, 0) is 10.0 Å². The van der Waals surface area contributed by atoms with Crippen LogP contribution in [0.5, 0.6) is 0 Å². The molecule has 0 aliphatic carbocycles. The van der Waals surface area contributed by atoms with E-state index in [4.69, 9.17) is 0 Å². The molecule has 1 aliphatic rings. The van der Waals surface area contributed by atoms with Gasteiger partial charge in [-0.1, -0.05) is 17.7 Å². The number of sulfonamides is 1. The molecule has 0 bridgehead atoms. The van der Waals surface area contributed by atoms with Gasteiger partial charge in [0.15, 0.2) is 0 Å². The monoisotopic (exact) mass is 359 g/mol. The summed E-state index contributed by atoms with van der Waals surface area (Å²) in [7, 11) is 0.633. The normalized spacial score (nSPS) is 16.0. The van der Waals surface area contributed by atoms with Crippen molar-refractivity contribution in [3.05, 3.63) is 54.1 Å². The highest BCUT2D eigenvalue weighted by Gasteiger charge is 2.28. The van der Waals surface area contributed by atoms with Gasteiger partial charge in [0.25, 0.3) is 0 Å². The fourth-order valence-corrected chi connectivity index (χ4v) is 4.43. The smallest absolute Gasteiger partial charge is 0.243 e. The molecule has 134 valence electrons. The van der Waals surface area contributed by atoms with Gasteiger partial charge in [-0.05, 0) is 43.3 Å². The van der Waals surface area contributed by atoms with Gasteiger partial charge in [-0.25, -0.2) is 8.42 Å². The Bertz CT molecular complexity index is 807. The Labute approximate surface area is 150 Å². The van der Waals surface area contributed by atoms with Crippen LogP contribution in [0.15, 0.2) is 53.4 Å². The van der Waals surface area contributed by atoms with Crippen LogP contribution in [0.1, 0.15) is 5.56 Å². The molecule has 3 rings (SSSR count). The fourth-order valence-electron chi connectivity index (χ4n) is 3.01. The molecule has 1 heterocycles. The number of hydrogen-bond donors (Lipinski definition) is 0. The van der Waals surface area contributed by atoms with E-state index in [0.29, 0.717) is 31.1 Å². The maximum atomic E-state index is 12.8. The topological polar surface area (TPSA) is 43.9 Å². The summed E-state index contributed by atoms with van der Waals surface area (Å²) >= 11 is 0. The van der Waals surface area contributed by atoms with Gasteiger partial charge in [0.05, 0.1) is 4.90 Å². The molecule has 0 amide bonds. The number of hydrogen-bond acceptors (Lipinski definition) is 4. The maximum Gasteiger partial charge on any atom is 0.243 e. The Morgan fingerprint density at radius 2 is 1.40 bits per heavy atom. The summed E-state index contributed by atoms with van der Waals surface area (Å²) in [6.07, 6.45) is 0. The number of aryl methyl sites for hydroxylation is 1. The summed E-state index contributed by atoms with van der Waals surface area (Å²) in [5.74, 6) is 0. The third kappa shape index (κ3) is 3.80. The van der Waals surface area contributed by atoms with E-state index in [1.807, 2.05) is 33.2 Å². The second-order valence-corrected chi connectivity index (χ2v) is 8.55. The SMILES string of the molecule is Cc1ccc(S(=O)(=O)N2CCN(c3ccc(N(C)C)cc3)CC2)cc1. The van der Waals surface area contributed by atoms with Crippen molar-refractivity contribution in [3.8, 4) is 0 Å². The number of anilines is 2. The Morgan fingerprint density at radius 1 is 0.840 bits per heavy atom. The first-order valence-electron chi connectivity index (χ1n) is 8.47. The molecule has 25 heavy (non-hydrogen) atoms. The van der Waals surface area contributed by atoms with E-state index in [2.05, 4.69) is 34.1 Å². The predicted molar refractivity (Wildman–Crippen MR) is 103 cm³/mol. The molecule has 0 saturated carbocycles. The highest BCUT2D eigenvalue weighted by Crippen LogP contribution is 2.23. The second kappa shape index (κ2) is 7.06. The van der Waals surface area contributed by atoms with E-state index in [9.17, 15) is 8.42 Å². The van der Waals surface area contributed by atoms with Crippen molar-refractivity contribution in [1.29, 1.82) is 0 Å². The molecule has 0 spiro atoms. The number of rotatable bonds is 4. The third-order valence-electron chi connectivity index (χ3n) is 4.63. The van der Waals surface area contributed by atoms with Crippen LogP contribution in [0, 0.1) is 6.92 Å². The van der Waals surface area contributed by atoms with Gasteiger partial charge < -0.3 is 9.80 Å². The average molecular weight is 359 g/mol. The summed E-state index contributed by atoms with van der Waals surface area (Å²) in [6, 6.07) is 15.4. The minimum atomic E-state index is -3.40. The summed E-state index contributed by atoms with van der Waals surface area (Å²) in [5, 5.41) is 0. The van der Waals surface area contributed by atoms with Gasteiger partial charge in [-0.2, -0.15) is 4.31 Å². The van der Waals surface area contributed by atoms with Crippen molar-refractivity contribution in [1.82, 2.24) is 4.31 Å². The molecule has 6 heteroatoms. The van der Waals surface area contributed by atoms with Crippen LogP contribution in [0.25, 0.3) is 0 Å². The van der Waals surface area contributed by atoms with E-state index < -0.39 is 10.0 Å². The highest BCUT2D eigenvalue weighted by atomic mass is 32.2.